The van der Waals surface area contributed by atoms with Crippen LogP contribution < -0.4 is 10.6 Å². The van der Waals surface area contributed by atoms with E-state index in [1.807, 2.05) is 0 Å². The lowest BCUT2D eigenvalue weighted by Gasteiger charge is -2.15. The smallest absolute Gasteiger partial charge is 0.326 e. The average Bonchev–Trinajstić information content (AvgIpc) is 2.24. The molecular formula is C9H17N3O5. The van der Waals surface area contributed by atoms with Crippen LogP contribution in [0.25, 0.3) is 0 Å². The Balaban J connectivity index is 4.07. The molecule has 3 amide bonds. The van der Waals surface area contributed by atoms with Gasteiger partial charge >= 0.3 is 12.0 Å². The van der Waals surface area contributed by atoms with Gasteiger partial charge in [-0.15, -0.1) is 0 Å². The highest BCUT2D eigenvalue weighted by molar-refractivity contribution is 5.86. The van der Waals surface area contributed by atoms with E-state index in [1.165, 1.54) is 19.0 Å². The minimum Gasteiger partial charge on any atom is -0.480 e. The zero-order chi connectivity index (χ0) is 13.4. The number of aliphatic hydroxyl groups is 1. The molecule has 0 aliphatic heterocycles. The molecule has 0 rings (SSSR count). The van der Waals surface area contributed by atoms with Gasteiger partial charge in [-0.05, 0) is 0 Å². The molecule has 0 aromatic rings. The number of carbonyl (C=O) groups is 3. The first-order chi connectivity index (χ1) is 7.88. The highest BCUT2D eigenvalue weighted by atomic mass is 16.4. The third kappa shape index (κ3) is 6.36. The number of hydrogen-bond acceptors (Lipinski definition) is 4. The molecule has 0 aliphatic carbocycles. The number of nitrogens with zero attached hydrogens (tertiary/aromatic N) is 1. The van der Waals surface area contributed by atoms with Crippen molar-refractivity contribution in [1.82, 2.24) is 15.5 Å². The van der Waals surface area contributed by atoms with E-state index in [2.05, 4.69) is 10.6 Å². The molecule has 0 aliphatic rings. The molecule has 0 bridgehead atoms. The number of nitrogens with one attached hydrogen (secondary N) is 2. The Morgan fingerprint density at radius 1 is 1.29 bits per heavy atom. The largest absolute Gasteiger partial charge is 0.480 e. The maximum Gasteiger partial charge on any atom is 0.326 e. The molecule has 0 spiro atoms. The number of aliphatic carboxylic acids is 1. The molecule has 0 aromatic carbocycles. The molecule has 1 unspecified atom stereocenters. The topological polar surface area (TPSA) is 119 Å². The van der Waals surface area contributed by atoms with Gasteiger partial charge in [0.1, 0.15) is 6.04 Å². The third-order valence-electron chi connectivity index (χ3n) is 1.92. The van der Waals surface area contributed by atoms with Crippen molar-refractivity contribution in [1.29, 1.82) is 0 Å². The van der Waals surface area contributed by atoms with Crippen LogP contribution in [0.1, 0.15) is 6.42 Å². The van der Waals surface area contributed by atoms with Crippen molar-refractivity contribution >= 4 is 17.9 Å². The van der Waals surface area contributed by atoms with Crippen molar-refractivity contribution in [2.24, 2.45) is 0 Å². The Hall–Kier alpha value is -1.83. The van der Waals surface area contributed by atoms with Gasteiger partial charge in [0.15, 0.2) is 0 Å². The fraction of sp³-hybridized carbons (Fsp3) is 0.667. The summed E-state index contributed by atoms with van der Waals surface area (Å²) >= 11 is 0. The van der Waals surface area contributed by atoms with E-state index in [9.17, 15) is 14.4 Å². The van der Waals surface area contributed by atoms with Crippen molar-refractivity contribution in [3.63, 3.8) is 0 Å². The predicted molar refractivity (Wildman–Crippen MR) is 58.4 cm³/mol. The Bertz CT molecular complexity index is 292. The number of urea groups is 1. The Morgan fingerprint density at radius 3 is 2.29 bits per heavy atom. The number of carboxylic acid groups (broad SMARTS) is 1. The number of amides is 3. The van der Waals surface area contributed by atoms with Gasteiger partial charge in [-0.25, -0.2) is 9.59 Å². The number of hydrogen-bond donors (Lipinski definition) is 4. The molecule has 0 saturated carbocycles. The molecule has 0 saturated heterocycles. The van der Waals surface area contributed by atoms with Crippen LogP contribution in [0.3, 0.4) is 0 Å². The van der Waals surface area contributed by atoms with Crippen molar-refractivity contribution in [3.8, 4) is 0 Å². The number of carboxylic acids is 1. The van der Waals surface area contributed by atoms with E-state index < -0.39 is 18.0 Å². The number of carbonyl (C=O) groups excluding carboxylic acids is 2. The number of rotatable bonds is 6. The van der Waals surface area contributed by atoms with Gasteiger partial charge in [0.2, 0.25) is 5.91 Å². The van der Waals surface area contributed by atoms with Crippen molar-refractivity contribution < 1.29 is 24.6 Å². The maximum atomic E-state index is 11.2. The lowest BCUT2D eigenvalue weighted by Crippen LogP contribution is -2.48. The zero-order valence-electron chi connectivity index (χ0n) is 9.77. The first-order valence-electron chi connectivity index (χ1n) is 4.96. The quantitative estimate of drug-likeness (QED) is 0.442. The molecule has 0 aromatic heterocycles. The second-order valence-corrected chi connectivity index (χ2v) is 3.52. The maximum absolute atomic E-state index is 11.2. The SMILES string of the molecule is CN(C)C(=O)CNC(=O)NC(CCO)C(=O)O. The van der Waals surface area contributed by atoms with Crippen LogP contribution in [0, 0.1) is 0 Å². The van der Waals surface area contributed by atoms with E-state index >= 15 is 0 Å². The minimum atomic E-state index is -1.24. The molecule has 8 nitrogen and oxygen atoms in total. The fourth-order valence-corrected chi connectivity index (χ4v) is 0.910. The second kappa shape index (κ2) is 7.44. The summed E-state index contributed by atoms with van der Waals surface area (Å²) < 4.78 is 0. The number of aliphatic hydroxyl groups excluding tert-OH is 1. The van der Waals surface area contributed by atoms with Crippen molar-refractivity contribution in [3.05, 3.63) is 0 Å². The first kappa shape index (κ1) is 15.2. The normalized spacial score (nSPS) is 11.5. The highest BCUT2D eigenvalue weighted by Gasteiger charge is 2.19. The molecule has 98 valence electrons. The van der Waals surface area contributed by atoms with Crippen LogP contribution >= 0.6 is 0 Å². The summed E-state index contributed by atoms with van der Waals surface area (Å²) in [6.45, 7) is -0.571. The van der Waals surface area contributed by atoms with Crippen molar-refractivity contribution in [2.75, 3.05) is 27.2 Å². The summed E-state index contributed by atoms with van der Waals surface area (Å²) in [5.74, 6) is -1.55. The Kier molecular flexibility index (Phi) is 6.64. The average molecular weight is 247 g/mol. The zero-order valence-corrected chi connectivity index (χ0v) is 9.77. The predicted octanol–water partition coefficient (Wildman–Crippen LogP) is -1.79. The van der Waals surface area contributed by atoms with Crippen LogP contribution in [0.4, 0.5) is 4.79 Å². The number of likely N-dealkylation sites (N-methyl/N-ethyl adjacent to an activating group) is 1. The van der Waals surface area contributed by atoms with E-state index in [1.54, 1.807) is 0 Å². The van der Waals surface area contributed by atoms with E-state index in [-0.39, 0.29) is 25.5 Å². The Morgan fingerprint density at radius 2 is 1.88 bits per heavy atom. The molecule has 0 heterocycles. The van der Waals surface area contributed by atoms with E-state index in [0.29, 0.717) is 0 Å². The summed E-state index contributed by atoms with van der Waals surface area (Å²) in [5.41, 5.74) is 0. The van der Waals surface area contributed by atoms with Crippen molar-refractivity contribution in [2.45, 2.75) is 12.5 Å². The molecule has 4 N–H and O–H groups in total. The highest BCUT2D eigenvalue weighted by Crippen LogP contribution is 1.91. The lowest BCUT2D eigenvalue weighted by atomic mass is 10.2. The van der Waals surface area contributed by atoms with Gasteiger partial charge in [-0.3, -0.25) is 4.79 Å². The minimum absolute atomic E-state index is 0.0929. The molecule has 1 atom stereocenters. The van der Waals surface area contributed by atoms with Gasteiger partial charge in [-0.1, -0.05) is 0 Å². The summed E-state index contributed by atoms with van der Waals surface area (Å²) in [5, 5.41) is 21.6. The van der Waals surface area contributed by atoms with Crippen LogP contribution in [0.2, 0.25) is 0 Å². The van der Waals surface area contributed by atoms with Gasteiger partial charge in [-0.2, -0.15) is 0 Å². The standard InChI is InChI=1S/C9H17N3O5/c1-12(2)7(14)5-10-9(17)11-6(3-4-13)8(15)16/h6,13H,3-5H2,1-2H3,(H,15,16)(H2,10,11,17). The molecular weight excluding hydrogens is 230 g/mol. The molecule has 17 heavy (non-hydrogen) atoms. The van der Waals surface area contributed by atoms with Gasteiger partial charge in [0.25, 0.3) is 0 Å². The molecule has 8 heteroatoms. The van der Waals surface area contributed by atoms with Crippen LogP contribution in [-0.2, 0) is 9.59 Å². The molecule has 0 radical (unpaired) electrons. The summed E-state index contributed by atoms with van der Waals surface area (Å²) in [4.78, 5) is 34.3. The second-order valence-electron chi connectivity index (χ2n) is 3.52. The lowest BCUT2D eigenvalue weighted by molar-refractivity contribution is -0.139. The van der Waals surface area contributed by atoms with Gasteiger partial charge in [0, 0.05) is 27.1 Å². The van der Waals surface area contributed by atoms with Crippen LogP contribution in [0.5, 0.6) is 0 Å². The Labute approximate surface area is 98.6 Å². The summed E-state index contributed by atoms with van der Waals surface area (Å²) in [7, 11) is 3.07. The first-order valence-corrected chi connectivity index (χ1v) is 4.96. The van der Waals surface area contributed by atoms with E-state index in [4.69, 9.17) is 10.2 Å². The van der Waals surface area contributed by atoms with Gasteiger partial charge in [0.05, 0.1) is 6.54 Å². The summed E-state index contributed by atoms with van der Waals surface area (Å²) in [6.07, 6.45) is -0.0929. The van der Waals surface area contributed by atoms with Gasteiger partial charge < -0.3 is 25.7 Å². The fourth-order valence-electron chi connectivity index (χ4n) is 0.910. The summed E-state index contributed by atoms with van der Waals surface area (Å²) in [6, 6.07) is -1.93. The van der Waals surface area contributed by atoms with Crippen LogP contribution in [0.15, 0.2) is 0 Å². The van der Waals surface area contributed by atoms with Crippen LogP contribution in [-0.4, -0.2) is 66.3 Å². The third-order valence-corrected chi connectivity index (χ3v) is 1.92. The van der Waals surface area contributed by atoms with E-state index in [0.717, 1.165) is 0 Å². The monoisotopic (exact) mass is 247 g/mol. The molecule has 0 fully saturated rings.